The SMILES string of the molecule is COC(=O)C(=CN(C)C)S(=O)(=O)c1ccc(OCCc2coc(-c3ccccc3)n2)cc1. The van der Waals surface area contributed by atoms with E-state index in [1.165, 1.54) is 35.4 Å². The molecule has 8 nitrogen and oxygen atoms in total. The fourth-order valence-corrected chi connectivity index (χ4v) is 4.22. The minimum atomic E-state index is -4.04. The van der Waals surface area contributed by atoms with Crippen LogP contribution in [0.5, 0.6) is 5.75 Å². The predicted molar refractivity (Wildman–Crippen MR) is 119 cm³/mol. The van der Waals surface area contributed by atoms with Gasteiger partial charge in [-0.05, 0) is 36.4 Å². The second-order valence-electron chi connectivity index (χ2n) is 7.03. The van der Waals surface area contributed by atoms with Crippen molar-refractivity contribution in [2.45, 2.75) is 11.3 Å². The fraction of sp³-hybridized carbons (Fsp3) is 0.217. The van der Waals surface area contributed by atoms with Gasteiger partial charge in [0.25, 0.3) is 0 Å². The van der Waals surface area contributed by atoms with E-state index < -0.39 is 20.7 Å². The number of ether oxygens (including phenoxy) is 2. The number of hydrogen-bond donors (Lipinski definition) is 0. The Balaban J connectivity index is 1.63. The van der Waals surface area contributed by atoms with E-state index in [4.69, 9.17) is 9.15 Å². The van der Waals surface area contributed by atoms with Crippen molar-refractivity contribution in [2.75, 3.05) is 27.8 Å². The second kappa shape index (κ2) is 10.1. The number of oxazole rings is 1. The minimum absolute atomic E-state index is 0.0349. The highest BCUT2D eigenvalue weighted by Crippen LogP contribution is 2.24. The van der Waals surface area contributed by atoms with Crippen LogP contribution in [0, 0.1) is 0 Å². The number of benzene rings is 2. The maximum absolute atomic E-state index is 12.8. The van der Waals surface area contributed by atoms with Crippen LogP contribution in [0.4, 0.5) is 0 Å². The van der Waals surface area contributed by atoms with Crippen molar-refractivity contribution in [3.8, 4) is 17.2 Å². The fourth-order valence-electron chi connectivity index (χ4n) is 2.82. The zero-order chi connectivity index (χ0) is 23.1. The summed E-state index contributed by atoms with van der Waals surface area (Å²) in [6.07, 6.45) is 3.33. The van der Waals surface area contributed by atoms with Gasteiger partial charge in [0, 0.05) is 32.3 Å². The highest BCUT2D eigenvalue weighted by Gasteiger charge is 2.28. The molecule has 32 heavy (non-hydrogen) atoms. The summed E-state index contributed by atoms with van der Waals surface area (Å²) in [6, 6.07) is 15.4. The lowest BCUT2D eigenvalue weighted by Crippen LogP contribution is -2.18. The van der Waals surface area contributed by atoms with Crippen LogP contribution in [-0.4, -0.2) is 52.1 Å². The van der Waals surface area contributed by atoms with Crippen molar-refractivity contribution in [1.82, 2.24) is 9.88 Å². The van der Waals surface area contributed by atoms with E-state index in [9.17, 15) is 13.2 Å². The molecular formula is C23H24N2O6S. The van der Waals surface area contributed by atoms with E-state index in [1.807, 2.05) is 30.3 Å². The molecule has 3 rings (SSSR count). The number of carbonyl (C=O) groups is 1. The Morgan fingerprint density at radius 2 is 1.78 bits per heavy atom. The third kappa shape index (κ3) is 5.55. The second-order valence-corrected chi connectivity index (χ2v) is 8.95. The van der Waals surface area contributed by atoms with Crippen LogP contribution in [0.25, 0.3) is 11.5 Å². The molecule has 0 aliphatic carbocycles. The first-order valence-electron chi connectivity index (χ1n) is 9.75. The number of hydrogen-bond acceptors (Lipinski definition) is 8. The van der Waals surface area contributed by atoms with E-state index >= 15 is 0 Å². The van der Waals surface area contributed by atoms with Gasteiger partial charge < -0.3 is 18.8 Å². The molecule has 1 aromatic heterocycles. The third-order valence-corrected chi connectivity index (χ3v) is 6.13. The van der Waals surface area contributed by atoms with Gasteiger partial charge in [-0.2, -0.15) is 0 Å². The third-order valence-electron chi connectivity index (χ3n) is 4.38. The predicted octanol–water partition coefficient (Wildman–Crippen LogP) is 3.31. The minimum Gasteiger partial charge on any atom is -0.493 e. The molecule has 9 heteroatoms. The summed E-state index contributed by atoms with van der Waals surface area (Å²) in [6.45, 7) is 0.334. The Labute approximate surface area is 187 Å². The molecule has 0 N–H and O–H groups in total. The molecule has 3 aromatic rings. The number of esters is 1. The Bertz CT molecular complexity index is 1180. The molecule has 0 atom stereocenters. The summed E-state index contributed by atoms with van der Waals surface area (Å²) in [5, 5.41) is 0. The Hall–Kier alpha value is -3.59. The van der Waals surface area contributed by atoms with Crippen molar-refractivity contribution in [1.29, 1.82) is 0 Å². The maximum Gasteiger partial charge on any atom is 0.351 e. The van der Waals surface area contributed by atoms with E-state index in [2.05, 4.69) is 9.72 Å². The van der Waals surface area contributed by atoms with Gasteiger partial charge in [0.15, 0.2) is 4.91 Å². The van der Waals surface area contributed by atoms with Crippen LogP contribution in [0.15, 0.2) is 81.3 Å². The zero-order valence-corrected chi connectivity index (χ0v) is 18.8. The number of rotatable bonds is 9. The maximum atomic E-state index is 12.8. The van der Waals surface area contributed by atoms with E-state index in [0.29, 0.717) is 24.7 Å². The Morgan fingerprint density at radius 1 is 1.09 bits per heavy atom. The molecule has 0 saturated heterocycles. The molecule has 0 fully saturated rings. The molecule has 1 heterocycles. The summed E-state index contributed by atoms with van der Waals surface area (Å²) in [5.41, 5.74) is 1.64. The molecule has 0 amide bonds. The zero-order valence-electron chi connectivity index (χ0n) is 18.0. The summed E-state index contributed by atoms with van der Waals surface area (Å²) in [5.74, 6) is 0.107. The first-order chi connectivity index (χ1) is 15.3. The summed E-state index contributed by atoms with van der Waals surface area (Å²) < 4.78 is 41.5. The average molecular weight is 457 g/mol. The lowest BCUT2D eigenvalue weighted by atomic mass is 10.2. The van der Waals surface area contributed by atoms with Gasteiger partial charge in [-0.25, -0.2) is 18.2 Å². The highest BCUT2D eigenvalue weighted by molar-refractivity contribution is 7.96. The van der Waals surface area contributed by atoms with Crippen LogP contribution < -0.4 is 4.74 Å². The highest BCUT2D eigenvalue weighted by atomic mass is 32.2. The van der Waals surface area contributed by atoms with Crippen molar-refractivity contribution < 1.29 is 27.1 Å². The number of sulfone groups is 1. The van der Waals surface area contributed by atoms with Crippen LogP contribution in [-0.2, 0) is 25.8 Å². The quantitative estimate of drug-likeness (QED) is 0.357. The monoisotopic (exact) mass is 456 g/mol. The summed E-state index contributed by atoms with van der Waals surface area (Å²) in [7, 11) is 0.327. The molecule has 2 aromatic carbocycles. The van der Waals surface area contributed by atoms with Gasteiger partial charge in [-0.15, -0.1) is 0 Å². The van der Waals surface area contributed by atoms with Crippen LogP contribution >= 0.6 is 0 Å². The van der Waals surface area contributed by atoms with Crippen LogP contribution in [0.1, 0.15) is 5.69 Å². The first-order valence-corrected chi connectivity index (χ1v) is 11.2. The van der Waals surface area contributed by atoms with E-state index in [1.54, 1.807) is 20.4 Å². The van der Waals surface area contributed by atoms with Crippen LogP contribution in [0.2, 0.25) is 0 Å². The number of aromatic nitrogens is 1. The van der Waals surface area contributed by atoms with Crippen molar-refractivity contribution in [3.05, 3.63) is 77.7 Å². The Morgan fingerprint density at radius 3 is 2.41 bits per heavy atom. The van der Waals surface area contributed by atoms with E-state index in [-0.39, 0.29) is 4.90 Å². The summed E-state index contributed by atoms with van der Waals surface area (Å²) >= 11 is 0. The van der Waals surface area contributed by atoms with Gasteiger partial charge in [0.05, 0.1) is 24.3 Å². The molecule has 168 valence electrons. The molecule has 0 radical (unpaired) electrons. The van der Waals surface area contributed by atoms with Gasteiger partial charge in [0.1, 0.15) is 12.0 Å². The standard InChI is InChI=1S/C23H24N2O6S/c1-25(2)15-21(23(26)29-3)32(27,28)20-11-9-19(10-12-20)30-14-13-18-16-31-22(24-18)17-7-5-4-6-8-17/h4-12,15-16H,13-14H2,1-3H3. The normalized spacial score (nSPS) is 11.8. The van der Waals surface area contributed by atoms with Gasteiger partial charge in [-0.1, -0.05) is 18.2 Å². The molecule has 0 saturated carbocycles. The number of methoxy groups -OCH3 is 1. The average Bonchev–Trinajstić information content (AvgIpc) is 3.27. The topological polar surface area (TPSA) is 98.9 Å². The molecule has 0 spiro atoms. The molecule has 0 aliphatic rings. The lowest BCUT2D eigenvalue weighted by molar-refractivity contribution is -0.135. The smallest absolute Gasteiger partial charge is 0.351 e. The van der Waals surface area contributed by atoms with E-state index in [0.717, 1.165) is 18.4 Å². The first kappa shape index (κ1) is 23.1. The molecular weight excluding hydrogens is 432 g/mol. The largest absolute Gasteiger partial charge is 0.493 e. The van der Waals surface area contributed by atoms with Gasteiger partial charge in [0.2, 0.25) is 15.7 Å². The summed E-state index contributed by atoms with van der Waals surface area (Å²) in [4.78, 5) is 17.4. The van der Waals surface area contributed by atoms with Gasteiger partial charge in [-0.3, -0.25) is 0 Å². The molecule has 0 bridgehead atoms. The van der Waals surface area contributed by atoms with Crippen molar-refractivity contribution in [3.63, 3.8) is 0 Å². The Kier molecular flexibility index (Phi) is 7.32. The lowest BCUT2D eigenvalue weighted by Gasteiger charge is -2.12. The van der Waals surface area contributed by atoms with Crippen LogP contribution in [0.3, 0.4) is 0 Å². The molecule has 0 aliphatic heterocycles. The molecule has 0 unspecified atom stereocenters. The number of nitrogens with zero attached hydrogens (tertiary/aromatic N) is 2. The van der Waals surface area contributed by atoms with Crippen molar-refractivity contribution in [2.24, 2.45) is 0 Å². The van der Waals surface area contributed by atoms with Crippen molar-refractivity contribution >= 4 is 15.8 Å². The number of carbonyl (C=O) groups excluding carboxylic acids is 1. The van der Waals surface area contributed by atoms with Gasteiger partial charge >= 0.3 is 5.97 Å².